The third-order valence-corrected chi connectivity index (χ3v) is 6.82. The molecule has 0 amide bonds. The Labute approximate surface area is 138 Å². The van der Waals surface area contributed by atoms with Gasteiger partial charge in [0.1, 0.15) is 10.7 Å². The summed E-state index contributed by atoms with van der Waals surface area (Å²) in [6, 6.07) is 3.49. The Bertz CT molecular complexity index is 626. The van der Waals surface area contributed by atoms with Crippen molar-refractivity contribution < 1.29 is 13.2 Å². The van der Waals surface area contributed by atoms with Crippen LogP contribution in [0.1, 0.15) is 26.2 Å². The van der Waals surface area contributed by atoms with E-state index in [1.165, 1.54) is 6.20 Å². The van der Waals surface area contributed by atoms with Gasteiger partial charge in [-0.1, -0.05) is 6.92 Å². The quantitative estimate of drug-likeness (QED) is 0.836. The predicted octanol–water partition coefficient (Wildman–Crippen LogP) is 1.73. The van der Waals surface area contributed by atoms with E-state index in [1.807, 2.05) is 6.07 Å². The van der Waals surface area contributed by atoms with Gasteiger partial charge < -0.3 is 9.64 Å². The molecule has 7 heteroatoms. The lowest BCUT2D eigenvalue weighted by atomic mass is 9.96. The van der Waals surface area contributed by atoms with Gasteiger partial charge >= 0.3 is 0 Å². The number of rotatable bonds is 4. The van der Waals surface area contributed by atoms with Gasteiger partial charge in [0.25, 0.3) is 0 Å². The second-order valence-electron chi connectivity index (χ2n) is 6.45. The summed E-state index contributed by atoms with van der Waals surface area (Å²) < 4.78 is 32.1. The van der Waals surface area contributed by atoms with E-state index in [2.05, 4.69) is 16.8 Å². The molecule has 128 valence electrons. The molecule has 2 unspecified atom stereocenters. The number of aromatic nitrogens is 1. The lowest BCUT2D eigenvalue weighted by molar-refractivity contribution is 0.0496. The summed E-state index contributed by atoms with van der Waals surface area (Å²) in [4.78, 5) is 6.85. The van der Waals surface area contributed by atoms with Crippen LogP contribution in [0.15, 0.2) is 23.2 Å². The Kier molecular flexibility index (Phi) is 4.89. The van der Waals surface area contributed by atoms with Crippen molar-refractivity contribution in [2.24, 2.45) is 5.92 Å². The number of sulfonamides is 1. The SMILES string of the molecule is COC1CN(c2ccc(S(=O)(=O)N3CCCC3)cn2)CCC1C. The summed E-state index contributed by atoms with van der Waals surface area (Å²) in [6.07, 6.45) is 4.61. The summed E-state index contributed by atoms with van der Waals surface area (Å²) in [5, 5.41) is 0. The summed E-state index contributed by atoms with van der Waals surface area (Å²) >= 11 is 0. The highest BCUT2D eigenvalue weighted by Gasteiger charge is 2.29. The van der Waals surface area contributed by atoms with Gasteiger partial charge in [0.2, 0.25) is 10.0 Å². The number of piperidine rings is 1. The molecule has 2 saturated heterocycles. The minimum Gasteiger partial charge on any atom is -0.379 e. The van der Waals surface area contributed by atoms with Gasteiger partial charge in [-0.25, -0.2) is 13.4 Å². The van der Waals surface area contributed by atoms with Crippen LogP contribution in [-0.2, 0) is 14.8 Å². The molecule has 2 aliphatic heterocycles. The maximum Gasteiger partial charge on any atom is 0.244 e. The smallest absolute Gasteiger partial charge is 0.244 e. The van der Waals surface area contributed by atoms with E-state index in [1.54, 1.807) is 17.5 Å². The zero-order valence-electron chi connectivity index (χ0n) is 13.8. The number of ether oxygens (including phenoxy) is 1. The van der Waals surface area contributed by atoms with Gasteiger partial charge in [0, 0.05) is 39.5 Å². The van der Waals surface area contributed by atoms with Gasteiger partial charge in [0.05, 0.1) is 6.10 Å². The summed E-state index contributed by atoms with van der Waals surface area (Å²) in [5.74, 6) is 1.35. The first-order valence-electron chi connectivity index (χ1n) is 8.26. The molecule has 0 bridgehead atoms. The molecule has 23 heavy (non-hydrogen) atoms. The molecule has 1 aromatic heterocycles. The van der Waals surface area contributed by atoms with Gasteiger partial charge in [0.15, 0.2) is 0 Å². The van der Waals surface area contributed by atoms with E-state index in [0.29, 0.717) is 19.0 Å². The van der Waals surface area contributed by atoms with Crippen LogP contribution >= 0.6 is 0 Å². The first kappa shape index (κ1) is 16.7. The van der Waals surface area contributed by atoms with Crippen LogP contribution in [-0.4, -0.2) is 57.1 Å². The van der Waals surface area contributed by atoms with E-state index < -0.39 is 10.0 Å². The van der Waals surface area contributed by atoms with Crippen molar-refractivity contribution in [2.45, 2.75) is 37.2 Å². The van der Waals surface area contributed by atoms with E-state index in [9.17, 15) is 8.42 Å². The van der Waals surface area contributed by atoms with Crippen LogP contribution in [0.5, 0.6) is 0 Å². The highest BCUT2D eigenvalue weighted by atomic mass is 32.2. The highest BCUT2D eigenvalue weighted by molar-refractivity contribution is 7.89. The van der Waals surface area contributed by atoms with Gasteiger partial charge in [-0.05, 0) is 37.3 Å². The lowest BCUT2D eigenvalue weighted by Gasteiger charge is -2.36. The molecule has 6 nitrogen and oxygen atoms in total. The molecule has 3 heterocycles. The Morgan fingerprint density at radius 2 is 1.96 bits per heavy atom. The van der Waals surface area contributed by atoms with E-state index in [4.69, 9.17) is 4.74 Å². The number of anilines is 1. The van der Waals surface area contributed by atoms with Gasteiger partial charge in [-0.3, -0.25) is 0 Å². The van der Waals surface area contributed by atoms with Crippen molar-refractivity contribution in [1.29, 1.82) is 0 Å². The zero-order chi connectivity index (χ0) is 16.4. The Morgan fingerprint density at radius 3 is 2.57 bits per heavy atom. The molecule has 0 saturated carbocycles. The molecule has 2 fully saturated rings. The van der Waals surface area contributed by atoms with E-state index >= 15 is 0 Å². The first-order chi connectivity index (χ1) is 11.0. The van der Waals surface area contributed by atoms with Crippen LogP contribution in [0.25, 0.3) is 0 Å². The normalized spacial score (nSPS) is 26.6. The second-order valence-corrected chi connectivity index (χ2v) is 8.39. The number of hydrogen-bond acceptors (Lipinski definition) is 5. The largest absolute Gasteiger partial charge is 0.379 e. The van der Waals surface area contributed by atoms with Crippen molar-refractivity contribution in [3.63, 3.8) is 0 Å². The van der Waals surface area contributed by atoms with Crippen molar-refractivity contribution in [1.82, 2.24) is 9.29 Å². The maximum absolute atomic E-state index is 12.5. The van der Waals surface area contributed by atoms with Crippen LogP contribution < -0.4 is 4.90 Å². The number of nitrogens with zero attached hydrogens (tertiary/aromatic N) is 3. The molecular weight excluding hydrogens is 314 g/mol. The molecule has 2 aliphatic rings. The topological polar surface area (TPSA) is 62.7 Å². The fraction of sp³-hybridized carbons (Fsp3) is 0.688. The van der Waals surface area contributed by atoms with Crippen LogP contribution in [0.4, 0.5) is 5.82 Å². The molecule has 2 atom stereocenters. The standard InChI is InChI=1S/C16H25N3O3S/c1-13-7-10-18(12-15(13)22-2)16-6-5-14(11-17-16)23(20,21)19-8-3-4-9-19/h5-6,11,13,15H,3-4,7-10,12H2,1-2H3. The fourth-order valence-electron chi connectivity index (χ4n) is 3.34. The first-order valence-corrected chi connectivity index (χ1v) is 9.70. The zero-order valence-corrected chi connectivity index (χ0v) is 14.6. The Hall–Kier alpha value is -1.18. The lowest BCUT2D eigenvalue weighted by Crippen LogP contribution is -2.44. The molecule has 0 aromatic carbocycles. The van der Waals surface area contributed by atoms with Crippen molar-refractivity contribution in [3.8, 4) is 0 Å². The maximum atomic E-state index is 12.5. The molecule has 1 aromatic rings. The van der Waals surface area contributed by atoms with Crippen LogP contribution in [0.2, 0.25) is 0 Å². The van der Waals surface area contributed by atoms with Crippen LogP contribution in [0.3, 0.4) is 0 Å². The number of methoxy groups -OCH3 is 1. The monoisotopic (exact) mass is 339 g/mol. The molecule has 0 aliphatic carbocycles. The summed E-state index contributed by atoms with van der Waals surface area (Å²) in [7, 11) is -1.64. The average molecular weight is 339 g/mol. The third kappa shape index (κ3) is 3.36. The number of pyridine rings is 1. The van der Waals surface area contributed by atoms with Crippen molar-refractivity contribution in [2.75, 3.05) is 38.2 Å². The number of hydrogen-bond donors (Lipinski definition) is 0. The Morgan fingerprint density at radius 1 is 1.22 bits per heavy atom. The minimum atomic E-state index is -3.38. The van der Waals surface area contributed by atoms with E-state index in [-0.39, 0.29) is 11.0 Å². The fourth-order valence-corrected chi connectivity index (χ4v) is 4.80. The molecule has 0 N–H and O–H groups in total. The second kappa shape index (κ2) is 6.75. The summed E-state index contributed by atoms with van der Waals surface area (Å²) in [6.45, 7) is 5.15. The van der Waals surface area contributed by atoms with Crippen LogP contribution in [0, 0.1) is 5.92 Å². The van der Waals surface area contributed by atoms with Gasteiger partial charge in [-0.15, -0.1) is 0 Å². The summed E-state index contributed by atoms with van der Waals surface area (Å²) in [5.41, 5.74) is 0. The van der Waals surface area contributed by atoms with E-state index in [0.717, 1.165) is 38.2 Å². The van der Waals surface area contributed by atoms with Gasteiger partial charge in [-0.2, -0.15) is 4.31 Å². The van der Waals surface area contributed by atoms with Crippen molar-refractivity contribution in [3.05, 3.63) is 18.3 Å². The minimum absolute atomic E-state index is 0.193. The van der Waals surface area contributed by atoms with Crippen molar-refractivity contribution >= 4 is 15.8 Å². The molecule has 0 spiro atoms. The highest BCUT2D eigenvalue weighted by Crippen LogP contribution is 2.25. The molecular formula is C16H25N3O3S. The third-order valence-electron chi connectivity index (χ3n) is 4.94. The predicted molar refractivity (Wildman–Crippen MR) is 89.0 cm³/mol. The Balaban J connectivity index is 1.74. The molecule has 3 rings (SSSR count). The molecule has 0 radical (unpaired) electrons. The average Bonchev–Trinajstić information content (AvgIpc) is 3.11.